The molecular formula is C18H17ClN2O4. The third kappa shape index (κ3) is 3.62. The molecule has 1 amide bonds. The molecule has 130 valence electrons. The Morgan fingerprint density at radius 2 is 2.12 bits per heavy atom. The van der Waals surface area contributed by atoms with E-state index >= 15 is 0 Å². The summed E-state index contributed by atoms with van der Waals surface area (Å²) in [6.45, 7) is 1.51. The van der Waals surface area contributed by atoms with Crippen LogP contribution in [0.3, 0.4) is 0 Å². The number of halogens is 1. The van der Waals surface area contributed by atoms with Crippen LogP contribution in [-0.2, 0) is 4.79 Å². The molecule has 3 rings (SSSR count). The molecule has 0 aliphatic heterocycles. The second kappa shape index (κ2) is 6.77. The van der Waals surface area contributed by atoms with E-state index in [1.807, 2.05) is 0 Å². The maximum atomic E-state index is 12.1. The largest absolute Gasteiger partial charge is 0.482 e. The molecule has 1 aliphatic carbocycles. The summed E-state index contributed by atoms with van der Waals surface area (Å²) < 4.78 is 10.6. The number of benzene rings is 1. The average molecular weight is 361 g/mol. The van der Waals surface area contributed by atoms with Crippen LogP contribution in [-0.4, -0.2) is 18.1 Å². The van der Waals surface area contributed by atoms with Crippen LogP contribution in [0.1, 0.15) is 31.2 Å². The lowest BCUT2D eigenvalue weighted by Crippen LogP contribution is -2.47. The molecule has 0 radical (unpaired) electrons. The van der Waals surface area contributed by atoms with Crippen LogP contribution in [0.25, 0.3) is 11.0 Å². The molecule has 1 N–H and O–H groups in total. The Bertz CT molecular complexity index is 923. The minimum atomic E-state index is -0.794. The van der Waals surface area contributed by atoms with E-state index in [1.165, 1.54) is 12.1 Å². The molecule has 25 heavy (non-hydrogen) atoms. The summed E-state index contributed by atoms with van der Waals surface area (Å²) in [5.41, 5.74) is -0.172. The summed E-state index contributed by atoms with van der Waals surface area (Å²) in [5.74, 6) is -0.138. The molecule has 1 aliphatic rings. The molecule has 1 saturated carbocycles. The van der Waals surface area contributed by atoms with Gasteiger partial charge in [0.1, 0.15) is 16.9 Å². The van der Waals surface area contributed by atoms with Gasteiger partial charge in [-0.05, 0) is 44.2 Å². The molecule has 1 fully saturated rings. The number of carbonyl (C=O) groups is 1. The molecule has 7 heteroatoms. The van der Waals surface area contributed by atoms with Crippen molar-refractivity contribution in [1.29, 1.82) is 5.26 Å². The number of nitrogens with one attached hydrogen (secondary N) is 1. The lowest BCUT2D eigenvalue weighted by Gasteiger charge is -2.22. The number of ether oxygens (including phenoxy) is 1. The van der Waals surface area contributed by atoms with Gasteiger partial charge in [0.05, 0.1) is 11.1 Å². The van der Waals surface area contributed by atoms with Crippen LogP contribution in [0.15, 0.2) is 27.4 Å². The normalized spacial score (nSPS) is 15.7. The molecular weight excluding hydrogens is 344 g/mol. The Hall–Kier alpha value is -2.52. The Morgan fingerprint density at radius 3 is 2.80 bits per heavy atom. The summed E-state index contributed by atoms with van der Waals surface area (Å²) in [4.78, 5) is 23.6. The zero-order valence-electron chi connectivity index (χ0n) is 13.7. The highest BCUT2D eigenvalue weighted by molar-refractivity contribution is 6.32. The van der Waals surface area contributed by atoms with E-state index in [9.17, 15) is 14.9 Å². The van der Waals surface area contributed by atoms with Gasteiger partial charge in [-0.1, -0.05) is 11.6 Å². The molecule has 0 bridgehead atoms. The van der Waals surface area contributed by atoms with Crippen molar-refractivity contribution in [3.05, 3.63) is 39.2 Å². The first-order valence-electron chi connectivity index (χ1n) is 8.01. The van der Waals surface area contributed by atoms with Crippen LogP contribution in [0.4, 0.5) is 0 Å². The maximum absolute atomic E-state index is 12.1. The second-order valence-corrected chi connectivity index (χ2v) is 6.67. The Kier molecular flexibility index (Phi) is 4.69. The van der Waals surface area contributed by atoms with E-state index in [4.69, 9.17) is 20.8 Å². The minimum absolute atomic E-state index is 0.246. The van der Waals surface area contributed by atoms with E-state index in [0.717, 1.165) is 18.4 Å². The number of nitrogens with zero attached hydrogens (tertiary/aromatic N) is 1. The standard InChI is InChI=1S/C18H17ClN2O4/c1-11-6-17(23)25-14-8-15(13(19)7-12(11)14)24-9-16(22)21-18(10-20)4-2-3-5-18/h6-8H,2-5,9H2,1H3,(H,21,22). The molecule has 2 aromatic rings. The predicted molar refractivity (Wildman–Crippen MR) is 92.7 cm³/mol. The Balaban J connectivity index is 1.75. The zero-order valence-corrected chi connectivity index (χ0v) is 14.5. The van der Waals surface area contributed by atoms with Gasteiger partial charge in [-0.25, -0.2) is 4.79 Å². The van der Waals surface area contributed by atoms with Gasteiger partial charge < -0.3 is 14.5 Å². The van der Waals surface area contributed by atoms with Crippen LogP contribution >= 0.6 is 11.6 Å². The van der Waals surface area contributed by atoms with Crippen LogP contribution in [0, 0.1) is 18.3 Å². The van der Waals surface area contributed by atoms with Crippen molar-refractivity contribution < 1.29 is 13.9 Å². The number of nitriles is 1. The number of aryl methyl sites for hydroxylation is 1. The van der Waals surface area contributed by atoms with Crippen LogP contribution < -0.4 is 15.7 Å². The zero-order chi connectivity index (χ0) is 18.0. The van der Waals surface area contributed by atoms with E-state index in [1.54, 1.807) is 13.0 Å². The molecule has 0 unspecified atom stereocenters. The van der Waals surface area contributed by atoms with Crippen molar-refractivity contribution >= 4 is 28.5 Å². The number of hydrogen-bond donors (Lipinski definition) is 1. The third-order valence-electron chi connectivity index (χ3n) is 4.41. The summed E-state index contributed by atoms with van der Waals surface area (Å²) in [7, 11) is 0. The lowest BCUT2D eigenvalue weighted by atomic mass is 10.00. The number of rotatable bonds is 4. The topological polar surface area (TPSA) is 92.3 Å². The van der Waals surface area contributed by atoms with Crippen LogP contribution in [0.5, 0.6) is 5.75 Å². The van der Waals surface area contributed by atoms with Crippen molar-refractivity contribution in [3.63, 3.8) is 0 Å². The Morgan fingerprint density at radius 1 is 1.40 bits per heavy atom. The van der Waals surface area contributed by atoms with Gasteiger partial charge in [0.15, 0.2) is 6.61 Å². The highest BCUT2D eigenvalue weighted by Gasteiger charge is 2.35. The fourth-order valence-corrected chi connectivity index (χ4v) is 3.34. The fraction of sp³-hybridized carbons (Fsp3) is 0.389. The number of hydrogen-bond acceptors (Lipinski definition) is 5. The third-order valence-corrected chi connectivity index (χ3v) is 4.71. The average Bonchev–Trinajstić information content (AvgIpc) is 3.03. The smallest absolute Gasteiger partial charge is 0.336 e. The number of amides is 1. The first kappa shape index (κ1) is 17.3. The molecule has 1 aromatic heterocycles. The number of fused-ring (bicyclic) bond motifs is 1. The maximum Gasteiger partial charge on any atom is 0.336 e. The molecule has 0 saturated heterocycles. The minimum Gasteiger partial charge on any atom is -0.482 e. The molecule has 6 nitrogen and oxygen atoms in total. The Labute approximate surface area is 149 Å². The SMILES string of the molecule is Cc1cc(=O)oc2cc(OCC(=O)NC3(C#N)CCCC3)c(Cl)cc12. The van der Waals surface area contributed by atoms with Gasteiger partial charge in [-0.2, -0.15) is 5.26 Å². The lowest BCUT2D eigenvalue weighted by molar-refractivity contribution is -0.124. The molecule has 1 heterocycles. The van der Waals surface area contributed by atoms with E-state index in [0.29, 0.717) is 28.8 Å². The summed E-state index contributed by atoms with van der Waals surface area (Å²) >= 11 is 6.19. The van der Waals surface area contributed by atoms with Gasteiger partial charge in [0, 0.05) is 17.5 Å². The van der Waals surface area contributed by atoms with Gasteiger partial charge in [-0.15, -0.1) is 0 Å². The van der Waals surface area contributed by atoms with Crippen molar-refractivity contribution in [2.45, 2.75) is 38.1 Å². The van der Waals surface area contributed by atoms with E-state index < -0.39 is 11.2 Å². The highest BCUT2D eigenvalue weighted by Crippen LogP contribution is 2.31. The monoisotopic (exact) mass is 360 g/mol. The number of carbonyl (C=O) groups excluding carboxylic acids is 1. The molecule has 0 atom stereocenters. The first-order valence-corrected chi connectivity index (χ1v) is 8.39. The molecule has 1 aromatic carbocycles. The van der Waals surface area contributed by atoms with E-state index in [2.05, 4.69) is 11.4 Å². The fourth-order valence-electron chi connectivity index (χ4n) is 3.12. The summed E-state index contributed by atoms with van der Waals surface area (Å²) in [6.07, 6.45) is 3.14. The van der Waals surface area contributed by atoms with Gasteiger partial charge in [0.25, 0.3) is 5.91 Å². The highest BCUT2D eigenvalue weighted by atomic mass is 35.5. The van der Waals surface area contributed by atoms with Gasteiger partial charge >= 0.3 is 5.63 Å². The van der Waals surface area contributed by atoms with Crippen molar-refractivity contribution in [3.8, 4) is 11.8 Å². The summed E-state index contributed by atoms with van der Waals surface area (Å²) in [6, 6.07) is 6.71. The van der Waals surface area contributed by atoms with Crippen molar-refractivity contribution in [1.82, 2.24) is 5.32 Å². The van der Waals surface area contributed by atoms with E-state index in [-0.39, 0.29) is 18.3 Å². The summed E-state index contributed by atoms with van der Waals surface area (Å²) in [5, 5.41) is 13.1. The van der Waals surface area contributed by atoms with Gasteiger partial charge in [-0.3, -0.25) is 4.79 Å². The first-order chi connectivity index (χ1) is 11.9. The molecule has 0 spiro atoms. The van der Waals surface area contributed by atoms with Crippen molar-refractivity contribution in [2.24, 2.45) is 0 Å². The quantitative estimate of drug-likeness (QED) is 0.846. The second-order valence-electron chi connectivity index (χ2n) is 6.27. The predicted octanol–water partition coefficient (Wildman–Crippen LogP) is 3.09. The van der Waals surface area contributed by atoms with Crippen LogP contribution in [0.2, 0.25) is 5.02 Å². The van der Waals surface area contributed by atoms with Crippen molar-refractivity contribution in [2.75, 3.05) is 6.61 Å². The van der Waals surface area contributed by atoms with Gasteiger partial charge in [0.2, 0.25) is 0 Å².